The Morgan fingerprint density at radius 1 is 1.07 bits per heavy atom. The van der Waals surface area contributed by atoms with E-state index in [0.29, 0.717) is 38.4 Å². The van der Waals surface area contributed by atoms with Crippen molar-refractivity contribution in [3.63, 3.8) is 0 Å². The number of halogens is 2. The first-order valence-electron chi connectivity index (χ1n) is 8.57. The van der Waals surface area contributed by atoms with Gasteiger partial charge in [0.1, 0.15) is 23.2 Å². The van der Waals surface area contributed by atoms with Crippen molar-refractivity contribution >= 4 is 46.8 Å². The first kappa shape index (κ1) is 21.2. The van der Waals surface area contributed by atoms with Crippen molar-refractivity contribution in [3.05, 3.63) is 81.5 Å². The molecule has 0 saturated carbocycles. The molecule has 2 aromatic carbocycles. The predicted octanol–water partition coefficient (Wildman–Crippen LogP) is 5.59. The van der Waals surface area contributed by atoms with Crippen LogP contribution in [-0.4, -0.2) is 19.0 Å². The highest BCUT2D eigenvalue weighted by Gasteiger charge is 2.13. The number of anilines is 1. The fourth-order valence-corrected chi connectivity index (χ4v) is 3.10. The third-order valence-corrected chi connectivity index (χ3v) is 4.43. The average molecular weight is 441 g/mol. The molecule has 0 spiro atoms. The third kappa shape index (κ3) is 5.09. The molecule has 1 amide bonds. The molecular weight excluding hydrogens is 427 g/mol. The van der Waals surface area contributed by atoms with Crippen molar-refractivity contribution in [1.82, 2.24) is 0 Å². The Bertz CT molecular complexity index is 1150. The van der Waals surface area contributed by atoms with Gasteiger partial charge < -0.3 is 14.5 Å². The van der Waals surface area contributed by atoms with Crippen LogP contribution in [0.2, 0.25) is 10.0 Å². The first-order chi connectivity index (χ1) is 14.4. The van der Waals surface area contributed by atoms with E-state index in [9.17, 15) is 14.9 Å². The normalized spacial score (nSPS) is 10.9. The average Bonchev–Trinajstić information content (AvgIpc) is 3.20. The summed E-state index contributed by atoms with van der Waals surface area (Å²) in [4.78, 5) is 23.9. The molecule has 150 valence electrons. The van der Waals surface area contributed by atoms with Gasteiger partial charge in [-0.25, -0.2) is 4.79 Å². The van der Waals surface area contributed by atoms with Crippen LogP contribution in [0.4, 0.5) is 5.69 Å². The van der Waals surface area contributed by atoms with Crippen molar-refractivity contribution in [3.8, 4) is 17.4 Å². The summed E-state index contributed by atoms with van der Waals surface area (Å²) in [6.07, 6.45) is 1.33. The van der Waals surface area contributed by atoms with E-state index in [1.165, 1.54) is 37.5 Å². The molecule has 0 radical (unpaired) electrons. The highest BCUT2D eigenvalue weighted by atomic mass is 35.5. The van der Waals surface area contributed by atoms with Crippen LogP contribution < -0.4 is 5.32 Å². The fraction of sp³-hybridized carbons (Fsp3) is 0.0455. The Hall–Kier alpha value is -3.53. The topological polar surface area (TPSA) is 92.3 Å². The van der Waals surface area contributed by atoms with Gasteiger partial charge in [0.25, 0.3) is 5.91 Å². The van der Waals surface area contributed by atoms with E-state index in [1.54, 1.807) is 30.3 Å². The lowest BCUT2D eigenvalue weighted by Gasteiger charge is -2.05. The van der Waals surface area contributed by atoms with E-state index in [1.807, 2.05) is 6.07 Å². The van der Waals surface area contributed by atoms with E-state index in [2.05, 4.69) is 10.1 Å². The van der Waals surface area contributed by atoms with Gasteiger partial charge in [0, 0.05) is 27.4 Å². The number of esters is 1. The van der Waals surface area contributed by atoms with Crippen molar-refractivity contribution in [2.75, 3.05) is 12.4 Å². The minimum absolute atomic E-state index is 0.155. The van der Waals surface area contributed by atoms with Crippen LogP contribution in [0.3, 0.4) is 0 Å². The van der Waals surface area contributed by atoms with Gasteiger partial charge in [0.05, 0.1) is 12.7 Å². The van der Waals surface area contributed by atoms with E-state index < -0.39 is 11.9 Å². The smallest absolute Gasteiger partial charge is 0.337 e. The second-order valence-electron chi connectivity index (χ2n) is 6.05. The van der Waals surface area contributed by atoms with Crippen LogP contribution >= 0.6 is 23.2 Å². The molecule has 0 aliphatic heterocycles. The number of nitriles is 1. The van der Waals surface area contributed by atoms with Gasteiger partial charge >= 0.3 is 5.97 Å². The van der Waals surface area contributed by atoms with Gasteiger partial charge in [-0.05, 0) is 54.6 Å². The maximum Gasteiger partial charge on any atom is 0.337 e. The van der Waals surface area contributed by atoms with Gasteiger partial charge in [-0.15, -0.1) is 0 Å². The summed E-state index contributed by atoms with van der Waals surface area (Å²) >= 11 is 12.0. The molecule has 3 rings (SSSR count). The minimum Gasteiger partial charge on any atom is -0.465 e. The van der Waals surface area contributed by atoms with Crippen molar-refractivity contribution < 1.29 is 18.7 Å². The Balaban J connectivity index is 1.77. The molecule has 0 unspecified atom stereocenters. The lowest BCUT2D eigenvalue weighted by molar-refractivity contribution is -0.112. The number of hydrogen-bond donors (Lipinski definition) is 1. The van der Waals surface area contributed by atoms with Crippen LogP contribution in [0.15, 0.2) is 64.6 Å². The SMILES string of the molecule is COC(=O)c1ccc(NC(=O)/C(C#N)=C\c2ccc(-c3cc(Cl)cc(Cl)c3)o2)cc1. The van der Waals surface area contributed by atoms with Gasteiger partial charge in [-0.3, -0.25) is 4.79 Å². The second kappa shape index (κ2) is 9.31. The number of benzene rings is 2. The van der Waals surface area contributed by atoms with Crippen LogP contribution in [0.25, 0.3) is 17.4 Å². The number of hydrogen-bond acceptors (Lipinski definition) is 5. The van der Waals surface area contributed by atoms with Crippen molar-refractivity contribution in [2.24, 2.45) is 0 Å². The zero-order valence-electron chi connectivity index (χ0n) is 15.6. The van der Waals surface area contributed by atoms with Crippen molar-refractivity contribution in [1.29, 1.82) is 5.26 Å². The molecule has 30 heavy (non-hydrogen) atoms. The molecule has 3 aromatic rings. The summed E-state index contributed by atoms with van der Waals surface area (Å²) in [7, 11) is 1.28. The number of nitrogens with zero attached hydrogens (tertiary/aromatic N) is 1. The molecule has 0 saturated heterocycles. The van der Waals surface area contributed by atoms with Crippen LogP contribution in [0.5, 0.6) is 0 Å². The number of furan rings is 1. The van der Waals surface area contributed by atoms with Crippen LogP contribution in [-0.2, 0) is 9.53 Å². The summed E-state index contributed by atoms with van der Waals surface area (Å²) in [6, 6.07) is 16.2. The van der Waals surface area contributed by atoms with Gasteiger partial charge in [0.2, 0.25) is 0 Å². The highest BCUT2D eigenvalue weighted by Crippen LogP contribution is 2.29. The number of ether oxygens (including phenoxy) is 1. The van der Waals surface area contributed by atoms with Crippen LogP contribution in [0.1, 0.15) is 16.1 Å². The Morgan fingerprint density at radius 2 is 1.73 bits per heavy atom. The first-order valence-corrected chi connectivity index (χ1v) is 9.33. The standard InChI is InChI=1S/C22H14Cl2N2O4/c1-29-22(28)13-2-4-18(5-3-13)26-21(27)15(12-25)10-19-6-7-20(30-19)14-8-16(23)11-17(24)9-14/h2-11H,1H3,(H,26,27)/b15-10-. The largest absolute Gasteiger partial charge is 0.465 e. The number of nitrogens with one attached hydrogen (secondary N) is 1. The maximum atomic E-state index is 12.4. The monoisotopic (exact) mass is 440 g/mol. The molecule has 8 heteroatoms. The van der Waals surface area contributed by atoms with E-state index in [4.69, 9.17) is 27.6 Å². The molecule has 1 aromatic heterocycles. The molecule has 0 aliphatic rings. The summed E-state index contributed by atoms with van der Waals surface area (Å²) in [5.41, 5.74) is 1.27. The molecule has 0 aliphatic carbocycles. The fourth-order valence-electron chi connectivity index (χ4n) is 2.58. The maximum absolute atomic E-state index is 12.4. The summed E-state index contributed by atoms with van der Waals surface area (Å²) in [6.45, 7) is 0. The summed E-state index contributed by atoms with van der Waals surface area (Å²) in [5.74, 6) is -0.303. The van der Waals surface area contributed by atoms with E-state index in [-0.39, 0.29) is 5.57 Å². The second-order valence-corrected chi connectivity index (χ2v) is 6.93. The highest BCUT2D eigenvalue weighted by molar-refractivity contribution is 6.35. The Labute approximate surface area is 182 Å². The number of carbonyl (C=O) groups excluding carboxylic acids is 2. The van der Waals surface area contributed by atoms with Crippen LogP contribution in [0, 0.1) is 11.3 Å². The predicted molar refractivity (Wildman–Crippen MR) is 114 cm³/mol. The van der Waals surface area contributed by atoms with Gasteiger partial charge in [-0.1, -0.05) is 23.2 Å². The lowest BCUT2D eigenvalue weighted by Crippen LogP contribution is -2.13. The summed E-state index contributed by atoms with van der Waals surface area (Å²) < 4.78 is 10.3. The molecular formula is C22H14Cl2N2O4. The molecule has 0 fully saturated rings. The molecule has 0 atom stereocenters. The van der Waals surface area contributed by atoms with Gasteiger partial charge in [-0.2, -0.15) is 5.26 Å². The zero-order chi connectivity index (χ0) is 21.7. The number of rotatable bonds is 5. The number of methoxy groups -OCH3 is 1. The van der Waals surface area contributed by atoms with E-state index in [0.717, 1.165) is 0 Å². The van der Waals surface area contributed by atoms with E-state index >= 15 is 0 Å². The minimum atomic E-state index is -0.618. The molecule has 1 heterocycles. The molecule has 0 bridgehead atoms. The summed E-state index contributed by atoms with van der Waals surface area (Å²) in [5, 5.41) is 12.9. The van der Waals surface area contributed by atoms with Crippen molar-refractivity contribution in [2.45, 2.75) is 0 Å². The quantitative estimate of drug-likeness (QED) is 0.317. The Morgan fingerprint density at radius 3 is 2.33 bits per heavy atom. The number of amides is 1. The molecule has 1 N–H and O–H groups in total. The number of carbonyl (C=O) groups is 2. The Kier molecular flexibility index (Phi) is 6.58. The molecule has 6 nitrogen and oxygen atoms in total. The van der Waals surface area contributed by atoms with Gasteiger partial charge in [0.15, 0.2) is 0 Å². The lowest BCUT2D eigenvalue weighted by atomic mass is 10.2. The third-order valence-electron chi connectivity index (χ3n) is 3.99. The zero-order valence-corrected chi connectivity index (χ0v) is 17.1.